The van der Waals surface area contributed by atoms with E-state index in [-0.39, 0.29) is 17.0 Å². The van der Waals surface area contributed by atoms with Crippen molar-refractivity contribution in [1.29, 1.82) is 0 Å². The predicted octanol–water partition coefficient (Wildman–Crippen LogP) is 1.82. The standard InChI is InChI=1S/C15H12N4O5/c16-15(21)18-17-9-10-5-7-11(8-6-10)24-14(20)12-3-1-2-4-13(12)19(22)23/h1-9H,(H3,16,18,21)/b17-9-. The van der Waals surface area contributed by atoms with E-state index in [0.29, 0.717) is 5.56 Å². The first-order chi connectivity index (χ1) is 11.5. The second kappa shape index (κ2) is 7.49. The summed E-state index contributed by atoms with van der Waals surface area (Å²) < 4.78 is 5.11. The molecule has 9 nitrogen and oxygen atoms in total. The fourth-order valence-corrected chi connectivity index (χ4v) is 1.76. The Hall–Kier alpha value is -3.75. The van der Waals surface area contributed by atoms with Gasteiger partial charge in [-0.2, -0.15) is 5.10 Å². The maximum Gasteiger partial charge on any atom is 0.350 e. The molecule has 0 aliphatic carbocycles. The lowest BCUT2D eigenvalue weighted by atomic mass is 10.2. The van der Waals surface area contributed by atoms with Gasteiger partial charge < -0.3 is 10.5 Å². The molecule has 0 heterocycles. The average Bonchev–Trinajstić information content (AvgIpc) is 2.56. The Bertz CT molecular complexity index is 802. The summed E-state index contributed by atoms with van der Waals surface area (Å²) in [5.41, 5.74) is 7.04. The highest BCUT2D eigenvalue weighted by molar-refractivity contribution is 5.95. The van der Waals surface area contributed by atoms with Crippen LogP contribution in [-0.2, 0) is 0 Å². The number of nitro groups is 1. The molecule has 0 saturated carbocycles. The number of primary amides is 1. The van der Waals surface area contributed by atoms with E-state index < -0.39 is 16.9 Å². The first-order valence-electron chi connectivity index (χ1n) is 6.61. The van der Waals surface area contributed by atoms with Gasteiger partial charge in [0.25, 0.3) is 5.69 Å². The largest absolute Gasteiger partial charge is 0.423 e. The van der Waals surface area contributed by atoms with E-state index in [1.54, 1.807) is 12.1 Å². The Morgan fingerprint density at radius 3 is 2.46 bits per heavy atom. The van der Waals surface area contributed by atoms with Gasteiger partial charge in [-0.3, -0.25) is 10.1 Å². The molecule has 0 aliphatic rings. The lowest BCUT2D eigenvalue weighted by molar-refractivity contribution is -0.385. The number of ether oxygens (including phenoxy) is 1. The highest BCUT2D eigenvalue weighted by Crippen LogP contribution is 2.20. The van der Waals surface area contributed by atoms with Gasteiger partial charge in [-0.1, -0.05) is 12.1 Å². The van der Waals surface area contributed by atoms with E-state index in [4.69, 9.17) is 10.5 Å². The third-order valence-corrected chi connectivity index (χ3v) is 2.80. The minimum Gasteiger partial charge on any atom is -0.423 e. The van der Waals surface area contributed by atoms with Crippen molar-refractivity contribution in [3.63, 3.8) is 0 Å². The van der Waals surface area contributed by atoms with E-state index >= 15 is 0 Å². The van der Waals surface area contributed by atoms with Crippen LogP contribution in [0.4, 0.5) is 10.5 Å². The lowest BCUT2D eigenvalue weighted by Gasteiger charge is -2.05. The summed E-state index contributed by atoms with van der Waals surface area (Å²) in [5.74, 6) is -0.628. The van der Waals surface area contributed by atoms with Crippen LogP contribution >= 0.6 is 0 Å². The Kier molecular flexibility index (Phi) is 5.19. The van der Waals surface area contributed by atoms with Crippen molar-refractivity contribution in [2.24, 2.45) is 10.8 Å². The number of rotatable bonds is 5. The number of amides is 2. The minimum absolute atomic E-state index is 0.140. The highest BCUT2D eigenvalue weighted by Gasteiger charge is 2.20. The lowest BCUT2D eigenvalue weighted by Crippen LogP contribution is -2.24. The molecule has 0 bridgehead atoms. The molecular weight excluding hydrogens is 316 g/mol. The molecule has 122 valence electrons. The fraction of sp³-hybridized carbons (Fsp3) is 0. The molecule has 0 saturated heterocycles. The van der Waals surface area contributed by atoms with Crippen molar-refractivity contribution in [2.75, 3.05) is 0 Å². The summed E-state index contributed by atoms with van der Waals surface area (Å²) in [6, 6.07) is 10.8. The Morgan fingerprint density at radius 1 is 1.17 bits per heavy atom. The number of nitrogens with zero attached hydrogens (tertiary/aromatic N) is 2. The first-order valence-corrected chi connectivity index (χ1v) is 6.61. The van der Waals surface area contributed by atoms with E-state index in [1.807, 2.05) is 5.43 Å². The molecule has 9 heteroatoms. The molecular formula is C15H12N4O5. The van der Waals surface area contributed by atoms with E-state index in [1.165, 1.54) is 42.6 Å². The first kappa shape index (κ1) is 16.6. The molecule has 2 aromatic carbocycles. The number of nitrogens with two attached hydrogens (primary N) is 1. The number of hydrogen-bond donors (Lipinski definition) is 2. The number of nitrogens with one attached hydrogen (secondary N) is 1. The number of hydrazone groups is 1. The summed E-state index contributed by atoms with van der Waals surface area (Å²) >= 11 is 0. The van der Waals surface area contributed by atoms with Gasteiger partial charge in [0, 0.05) is 6.07 Å². The molecule has 2 rings (SSSR count). The SMILES string of the molecule is NC(=O)N/N=C\c1ccc(OC(=O)c2ccccc2[N+](=O)[O-])cc1. The van der Waals surface area contributed by atoms with Crippen molar-refractivity contribution in [3.05, 3.63) is 69.8 Å². The normalized spacial score (nSPS) is 10.3. The summed E-state index contributed by atoms with van der Waals surface area (Å²) in [4.78, 5) is 32.8. The zero-order chi connectivity index (χ0) is 17.5. The number of para-hydroxylation sites is 1. The Balaban J connectivity index is 2.09. The zero-order valence-corrected chi connectivity index (χ0v) is 12.2. The number of nitro benzene ring substituents is 1. The van der Waals surface area contributed by atoms with Gasteiger partial charge in [0.05, 0.1) is 11.1 Å². The van der Waals surface area contributed by atoms with Gasteiger partial charge in [-0.25, -0.2) is 15.0 Å². The highest BCUT2D eigenvalue weighted by atomic mass is 16.6. The Morgan fingerprint density at radius 2 is 1.83 bits per heavy atom. The number of urea groups is 1. The summed E-state index contributed by atoms with van der Waals surface area (Å²) in [5, 5.41) is 14.5. The van der Waals surface area contributed by atoms with Gasteiger partial charge in [0.1, 0.15) is 11.3 Å². The van der Waals surface area contributed by atoms with Gasteiger partial charge in [0.2, 0.25) is 0 Å². The van der Waals surface area contributed by atoms with E-state index in [2.05, 4.69) is 5.10 Å². The van der Waals surface area contributed by atoms with Crippen molar-refractivity contribution < 1.29 is 19.2 Å². The smallest absolute Gasteiger partial charge is 0.350 e. The molecule has 0 spiro atoms. The number of hydrogen-bond acceptors (Lipinski definition) is 6. The fourth-order valence-electron chi connectivity index (χ4n) is 1.76. The predicted molar refractivity (Wildman–Crippen MR) is 84.8 cm³/mol. The van der Waals surface area contributed by atoms with Crippen LogP contribution < -0.4 is 15.9 Å². The quantitative estimate of drug-likeness (QED) is 0.283. The van der Waals surface area contributed by atoms with E-state index in [0.717, 1.165) is 0 Å². The van der Waals surface area contributed by atoms with Gasteiger partial charge in [0.15, 0.2) is 0 Å². The van der Waals surface area contributed by atoms with Crippen LogP contribution in [0.25, 0.3) is 0 Å². The van der Waals surface area contributed by atoms with Crippen molar-refractivity contribution in [3.8, 4) is 5.75 Å². The van der Waals surface area contributed by atoms with Crippen LogP contribution in [0.3, 0.4) is 0 Å². The molecule has 0 unspecified atom stereocenters. The maximum absolute atomic E-state index is 12.1. The number of carbonyl (C=O) groups is 2. The van der Waals surface area contributed by atoms with Crippen LogP contribution in [0.1, 0.15) is 15.9 Å². The number of esters is 1. The summed E-state index contributed by atoms with van der Waals surface area (Å²) in [6.07, 6.45) is 1.35. The number of benzene rings is 2. The Labute approximate surface area is 135 Å². The van der Waals surface area contributed by atoms with Crippen molar-refractivity contribution in [2.45, 2.75) is 0 Å². The van der Waals surface area contributed by atoms with Gasteiger partial charge in [-0.15, -0.1) is 0 Å². The molecule has 2 amide bonds. The topological polar surface area (TPSA) is 137 Å². The third-order valence-electron chi connectivity index (χ3n) is 2.80. The van der Waals surface area contributed by atoms with Crippen LogP contribution in [0.2, 0.25) is 0 Å². The molecule has 0 aromatic heterocycles. The molecule has 0 fully saturated rings. The van der Waals surface area contributed by atoms with Crippen LogP contribution in [0.15, 0.2) is 53.6 Å². The molecule has 3 N–H and O–H groups in total. The molecule has 2 aromatic rings. The second-order valence-corrected chi connectivity index (χ2v) is 4.47. The summed E-state index contributed by atoms with van der Waals surface area (Å²) in [7, 11) is 0. The van der Waals surface area contributed by atoms with Crippen molar-refractivity contribution in [1.82, 2.24) is 5.43 Å². The van der Waals surface area contributed by atoms with Crippen LogP contribution in [-0.4, -0.2) is 23.1 Å². The zero-order valence-electron chi connectivity index (χ0n) is 12.2. The number of carbonyl (C=O) groups excluding carboxylic acids is 2. The maximum atomic E-state index is 12.1. The van der Waals surface area contributed by atoms with Crippen LogP contribution in [0.5, 0.6) is 5.75 Å². The van der Waals surface area contributed by atoms with Crippen LogP contribution in [0, 0.1) is 10.1 Å². The monoisotopic (exact) mass is 328 g/mol. The molecule has 24 heavy (non-hydrogen) atoms. The average molecular weight is 328 g/mol. The minimum atomic E-state index is -0.834. The third kappa shape index (κ3) is 4.37. The van der Waals surface area contributed by atoms with Crippen molar-refractivity contribution >= 4 is 23.9 Å². The second-order valence-electron chi connectivity index (χ2n) is 4.47. The molecule has 0 aliphatic heterocycles. The molecule has 0 atom stereocenters. The van der Waals surface area contributed by atoms with Gasteiger partial charge >= 0.3 is 12.0 Å². The molecule has 0 radical (unpaired) electrons. The van der Waals surface area contributed by atoms with Gasteiger partial charge in [-0.05, 0) is 35.9 Å². The van der Waals surface area contributed by atoms with E-state index in [9.17, 15) is 19.7 Å². The summed E-state index contributed by atoms with van der Waals surface area (Å²) in [6.45, 7) is 0.